The van der Waals surface area contributed by atoms with Crippen LogP contribution in [0.1, 0.15) is 37.0 Å². The van der Waals surface area contributed by atoms with Crippen LogP contribution in [0, 0.1) is 0 Å². The molecule has 1 atom stereocenters. The maximum atomic E-state index is 12.5. The zero-order valence-corrected chi connectivity index (χ0v) is 16.5. The van der Waals surface area contributed by atoms with Gasteiger partial charge in [0.2, 0.25) is 5.91 Å². The number of hydrogen-bond donors (Lipinski definition) is 1. The van der Waals surface area contributed by atoms with Crippen molar-refractivity contribution < 1.29 is 23.9 Å². The predicted molar refractivity (Wildman–Crippen MR) is 109 cm³/mol. The molecule has 7 heteroatoms. The zero-order valence-electron chi connectivity index (χ0n) is 16.5. The Morgan fingerprint density at radius 3 is 2.69 bits per heavy atom. The molecule has 2 aromatic carbocycles. The highest BCUT2D eigenvalue weighted by Gasteiger charge is 2.24. The van der Waals surface area contributed by atoms with Gasteiger partial charge in [-0.05, 0) is 50.6 Å². The highest BCUT2D eigenvalue weighted by Crippen LogP contribution is 2.25. The van der Waals surface area contributed by atoms with E-state index in [9.17, 15) is 14.4 Å². The maximum absolute atomic E-state index is 12.5. The van der Waals surface area contributed by atoms with Gasteiger partial charge in [0.25, 0.3) is 5.91 Å². The van der Waals surface area contributed by atoms with Gasteiger partial charge in [0.15, 0.2) is 6.10 Å². The Morgan fingerprint density at radius 1 is 1.17 bits per heavy atom. The number of rotatable bonds is 7. The standard InChI is InChI=1S/C22H24N2O5/c1-3-28-19-11-5-4-10-18(19)23-21(26)15(2)29-22(27)16-8-6-9-17(14-16)24-13-7-12-20(24)25/h4-6,8-11,14-15H,3,7,12-13H2,1-2H3,(H,23,26)/t15-/m1/s1. The summed E-state index contributed by atoms with van der Waals surface area (Å²) in [5.74, 6) is -0.503. The molecule has 0 saturated carbocycles. The Hall–Kier alpha value is -3.35. The van der Waals surface area contributed by atoms with Crippen molar-refractivity contribution in [2.45, 2.75) is 32.8 Å². The van der Waals surface area contributed by atoms with E-state index >= 15 is 0 Å². The van der Waals surface area contributed by atoms with E-state index in [-0.39, 0.29) is 11.5 Å². The molecule has 0 spiro atoms. The Labute approximate surface area is 169 Å². The van der Waals surface area contributed by atoms with Gasteiger partial charge in [-0.3, -0.25) is 9.59 Å². The van der Waals surface area contributed by atoms with Gasteiger partial charge in [-0.15, -0.1) is 0 Å². The third-order valence-electron chi connectivity index (χ3n) is 4.56. The summed E-state index contributed by atoms with van der Waals surface area (Å²) in [4.78, 5) is 38.5. The van der Waals surface area contributed by atoms with Crippen molar-refractivity contribution in [3.05, 3.63) is 54.1 Å². The number of ether oxygens (including phenoxy) is 2. The van der Waals surface area contributed by atoms with E-state index in [4.69, 9.17) is 9.47 Å². The summed E-state index contributed by atoms with van der Waals surface area (Å²) >= 11 is 0. The van der Waals surface area contributed by atoms with Gasteiger partial charge < -0.3 is 19.7 Å². The highest BCUT2D eigenvalue weighted by molar-refractivity contribution is 6.00. The highest BCUT2D eigenvalue weighted by atomic mass is 16.5. The number of carbonyl (C=O) groups excluding carboxylic acids is 3. The van der Waals surface area contributed by atoms with Gasteiger partial charge in [-0.25, -0.2) is 4.79 Å². The molecule has 152 valence electrons. The summed E-state index contributed by atoms with van der Waals surface area (Å²) in [5, 5.41) is 2.72. The van der Waals surface area contributed by atoms with E-state index < -0.39 is 18.0 Å². The lowest BCUT2D eigenvalue weighted by Crippen LogP contribution is -2.30. The van der Waals surface area contributed by atoms with Crippen LogP contribution in [0.4, 0.5) is 11.4 Å². The lowest BCUT2D eigenvalue weighted by atomic mass is 10.2. The summed E-state index contributed by atoms with van der Waals surface area (Å²) in [5.41, 5.74) is 1.46. The normalized spacial score (nSPS) is 14.4. The first-order valence-corrected chi connectivity index (χ1v) is 9.63. The zero-order chi connectivity index (χ0) is 20.8. The van der Waals surface area contributed by atoms with Crippen LogP contribution >= 0.6 is 0 Å². The van der Waals surface area contributed by atoms with Crippen LogP contribution in [-0.2, 0) is 14.3 Å². The monoisotopic (exact) mass is 396 g/mol. The third kappa shape index (κ3) is 4.93. The number of nitrogens with one attached hydrogen (secondary N) is 1. The molecule has 0 aliphatic carbocycles. The predicted octanol–water partition coefficient (Wildman–Crippen LogP) is 3.40. The number of esters is 1. The molecule has 2 aromatic rings. The Morgan fingerprint density at radius 2 is 1.97 bits per heavy atom. The van der Waals surface area contributed by atoms with Crippen LogP contribution in [0.2, 0.25) is 0 Å². The number of anilines is 2. The molecule has 1 saturated heterocycles. The SMILES string of the molecule is CCOc1ccccc1NC(=O)[C@@H](C)OC(=O)c1cccc(N2CCCC2=O)c1. The molecule has 1 aliphatic heterocycles. The molecular weight excluding hydrogens is 372 g/mol. The van der Waals surface area contributed by atoms with E-state index in [0.29, 0.717) is 36.7 Å². The van der Waals surface area contributed by atoms with Crippen LogP contribution in [0.5, 0.6) is 5.75 Å². The minimum absolute atomic E-state index is 0.0382. The number of hydrogen-bond acceptors (Lipinski definition) is 5. The molecule has 0 unspecified atom stereocenters. The fourth-order valence-electron chi connectivity index (χ4n) is 3.09. The van der Waals surface area contributed by atoms with E-state index in [1.54, 1.807) is 47.4 Å². The quantitative estimate of drug-likeness (QED) is 0.725. The lowest BCUT2D eigenvalue weighted by molar-refractivity contribution is -0.123. The van der Waals surface area contributed by atoms with Gasteiger partial charge in [-0.2, -0.15) is 0 Å². The molecular formula is C22H24N2O5. The number of carbonyl (C=O) groups is 3. The number of benzene rings is 2. The largest absolute Gasteiger partial charge is 0.492 e. The van der Waals surface area contributed by atoms with E-state index in [1.165, 1.54) is 6.92 Å². The Balaban J connectivity index is 1.64. The van der Waals surface area contributed by atoms with Gasteiger partial charge in [0.1, 0.15) is 5.75 Å². The second kappa shape index (κ2) is 9.23. The summed E-state index contributed by atoms with van der Waals surface area (Å²) < 4.78 is 10.8. The van der Waals surface area contributed by atoms with Crippen LogP contribution in [0.3, 0.4) is 0 Å². The van der Waals surface area contributed by atoms with Crippen molar-refractivity contribution >= 4 is 29.2 Å². The maximum Gasteiger partial charge on any atom is 0.338 e. The minimum Gasteiger partial charge on any atom is -0.492 e. The van der Waals surface area contributed by atoms with Gasteiger partial charge in [0, 0.05) is 18.7 Å². The Kier molecular flexibility index (Phi) is 6.49. The first kappa shape index (κ1) is 20.4. The average Bonchev–Trinajstić information content (AvgIpc) is 3.15. The molecule has 1 aliphatic rings. The van der Waals surface area contributed by atoms with Crippen molar-refractivity contribution in [2.75, 3.05) is 23.4 Å². The molecule has 1 fully saturated rings. The molecule has 1 heterocycles. The van der Waals surface area contributed by atoms with Crippen molar-refractivity contribution in [3.8, 4) is 5.75 Å². The number of nitrogens with zero attached hydrogens (tertiary/aromatic N) is 1. The Bertz CT molecular complexity index is 912. The molecule has 3 rings (SSSR count). The van der Waals surface area contributed by atoms with Crippen molar-refractivity contribution in [1.82, 2.24) is 0 Å². The summed E-state index contributed by atoms with van der Waals surface area (Å²) in [6, 6.07) is 13.7. The number of para-hydroxylation sites is 2. The molecule has 0 bridgehead atoms. The number of amides is 2. The minimum atomic E-state index is -1.01. The summed E-state index contributed by atoms with van der Waals surface area (Å²) in [7, 11) is 0. The van der Waals surface area contributed by atoms with Crippen molar-refractivity contribution in [3.63, 3.8) is 0 Å². The molecule has 2 amide bonds. The molecule has 0 aromatic heterocycles. The van der Waals surface area contributed by atoms with E-state index in [1.807, 2.05) is 13.0 Å². The third-order valence-corrected chi connectivity index (χ3v) is 4.56. The summed E-state index contributed by atoms with van der Waals surface area (Å²) in [6.45, 7) is 4.46. The second-order valence-corrected chi connectivity index (χ2v) is 6.67. The molecule has 0 radical (unpaired) electrons. The molecule has 29 heavy (non-hydrogen) atoms. The van der Waals surface area contributed by atoms with Crippen molar-refractivity contribution in [2.24, 2.45) is 0 Å². The van der Waals surface area contributed by atoms with Crippen molar-refractivity contribution in [1.29, 1.82) is 0 Å². The lowest BCUT2D eigenvalue weighted by Gasteiger charge is -2.18. The van der Waals surface area contributed by atoms with Gasteiger partial charge in [0.05, 0.1) is 17.9 Å². The fraction of sp³-hybridized carbons (Fsp3) is 0.318. The first-order valence-electron chi connectivity index (χ1n) is 9.63. The van der Waals surface area contributed by atoms with Crippen LogP contribution < -0.4 is 15.0 Å². The van der Waals surface area contributed by atoms with Crippen LogP contribution in [0.15, 0.2) is 48.5 Å². The first-order chi connectivity index (χ1) is 14.0. The fourth-order valence-corrected chi connectivity index (χ4v) is 3.09. The van der Waals surface area contributed by atoms with Gasteiger partial charge in [-0.1, -0.05) is 18.2 Å². The topological polar surface area (TPSA) is 84.9 Å². The van der Waals surface area contributed by atoms with E-state index in [2.05, 4.69) is 5.32 Å². The molecule has 1 N–H and O–H groups in total. The van der Waals surface area contributed by atoms with Crippen LogP contribution in [0.25, 0.3) is 0 Å². The van der Waals surface area contributed by atoms with Crippen LogP contribution in [-0.4, -0.2) is 37.0 Å². The smallest absolute Gasteiger partial charge is 0.338 e. The van der Waals surface area contributed by atoms with Gasteiger partial charge >= 0.3 is 5.97 Å². The summed E-state index contributed by atoms with van der Waals surface area (Å²) in [6.07, 6.45) is 0.303. The second-order valence-electron chi connectivity index (χ2n) is 6.67. The average molecular weight is 396 g/mol. The van der Waals surface area contributed by atoms with E-state index in [0.717, 1.165) is 6.42 Å². The molecule has 7 nitrogen and oxygen atoms in total.